The van der Waals surface area contributed by atoms with Gasteiger partial charge in [-0.2, -0.15) is 5.26 Å². The smallest absolute Gasteiger partial charge is 0.101 e. The lowest BCUT2D eigenvalue weighted by molar-refractivity contribution is 0.880. The Labute approximate surface area is 111 Å². The molecule has 0 saturated heterocycles. The van der Waals surface area contributed by atoms with Crippen molar-refractivity contribution in [3.05, 3.63) is 64.2 Å². The van der Waals surface area contributed by atoms with E-state index in [9.17, 15) is 0 Å². The number of hydrogen-bond donors (Lipinski definition) is 0. The number of halogens is 1. The van der Waals surface area contributed by atoms with E-state index in [1.54, 1.807) is 6.07 Å². The highest BCUT2D eigenvalue weighted by Gasteiger charge is 2.18. The topological polar surface area (TPSA) is 27.0 Å². The van der Waals surface area contributed by atoms with E-state index < -0.39 is 0 Å². The van der Waals surface area contributed by atoms with Gasteiger partial charge in [-0.25, -0.2) is 0 Å². The van der Waals surface area contributed by atoms with Crippen LogP contribution in [0.2, 0.25) is 5.02 Å². The Morgan fingerprint density at radius 3 is 2.28 bits per heavy atom. The van der Waals surface area contributed by atoms with Gasteiger partial charge in [0.1, 0.15) is 6.07 Å². The summed E-state index contributed by atoms with van der Waals surface area (Å²) >= 11 is 6.07. The minimum atomic E-state index is 0.519. The highest BCUT2D eigenvalue weighted by Crippen LogP contribution is 2.30. The molecule has 1 aliphatic heterocycles. The fraction of sp³-hybridized carbons (Fsp3) is 0.133. The Morgan fingerprint density at radius 1 is 1.06 bits per heavy atom. The van der Waals surface area contributed by atoms with E-state index in [1.165, 1.54) is 11.1 Å². The maximum atomic E-state index is 8.87. The molecule has 88 valence electrons. The van der Waals surface area contributed by atoms with Crippen LogP contribution in [0.25, 0.3) is 0 Å². The zero-order valence-corrected chi connectivity index (χ0v) is 10.5. The van der Waals surface area contributed by atoms with E-state index in [0.29, 0.717) is 10.6 Å². The van der Waals surface area contributed by atoms with Gasteiger partial charge >= 0.3 is 0 Å². The van der Waals surface area contributed by atoms with Crippen molar-refractivity contribution in [3.63, 3.8) is 0 Å². The first-order valence-electron chi connectivity index (χ1n) is 5.79. The van der Waals surface area contributed by atoms with Gasteiger partial charge in [0, 0.05) is 18.8 Å². The van der Waals surface area contributed by atoms with Crippen molar-refractivity contribution >= 4 is 17.3 Å². The van der Waals surface area contributed by atoms with Gasteiger partial charge in [-0.05, 0) is 29.3 Å². The van der Waals surface area contributed by atoms with E-state index in [2.05, 4.69) is 35.2 Å². The molecular formula is C15H11ClN2. The average molecular weight is 255 g/mol. The lowest BCUT2D eigenvalue weighted by atomic mass is 10.1. The molecule has 0 aliphatic carbocycles. The Kier molecular flexibility index (Phi) is 2.70. The van der Waals surface area contributed by atoms with Crippen molar-refractivity contribution in [2.75, 3.05) is 4.90 Å². The molecule has 0 aromatic heterocycles. The Morgan fingerprint density at radius 2 is 1.72 bits per heavy atom. The summed E-state index contributed by atoms with van der Waals surface area (Å²) in [5, 5.41) is 9.39. The summed E-state index contributed by atoms with van der Waals surface area (Å²) in [7, 11) is 0. The predicted octanol–water partition coefficient (Wildman–Crippen LogP) is 3.73. The van der Waals surface area contributed by atoms with Crippen LogP contribution < -0.4 is 4.90 Å². The zero-order valence-electron chi connectivity index (χ0n) is 9.73. The molecule has 0 saturated carbocycles. The summed E-state index contributed by atoms with van der Waals surface area (Å²) in [6.07, 6.45) is 0. The lowest BCUT2D eigenvalue weighted by Crippen LogP contribution is -2.14. The number of anilines is 1. The molecule has 0 spiro atoms. The van der Waals surface area contributed by atoms with Gasteiger partial charge in [0.05, 0.1) is 10.6 Å². The molecule has 1 heterocycles. The quantitative estimate of drug-likeness (QED) is 0.775. The van der Waals surface area contributed by atoms with Gasteiger partial charge in [0.25, 0.3) is 0 Å². The van der Waals surface area contributed by atoms with Crippen LogP contribution in [0.4, 0.5) is 5.69 Å². The number of nitriles is 1. The normalized spacial score (nSPS) is 13.2. The number of rotatable bonds is 1. The monoisotopic (exact) mass is 254 g/mol. The molecule has 2 aromatic carbocycles. The molecule has 18 heavy (non-hydrogen) atoms. The van der Waals surface area contributed by atoms with Crippen LogP contribution in [0.3, 0.4) is 0 Å². The Balaban J connectivity index is 1.91. The molecule has 0 radical (unpaired) electrons. The van der Waals surface area contributed by atoms with Gasteiger partial charge in [0.2, 0.25) is 0 Å². The minimum absolute atomic E-state index is 0.519. The zero-order chi connectivity index (χ0) is 12.5. The molecule has 2 nitrogen and oxygen atoms in total. The molecule has 2 aromatic rings. The lowest BCUT2D eigenvalue weighted by Gasteiger charge is -2.18. The SMILES string of the molecule is N#Cc1ccc(N2Cc3ccccc3C2)cc1Cl. The minimum Gasteiger partial charge on any atom is -0.363 e. The fourth-order valence-electron chi connectivity index (χ4n) is 2.31. The first kappa shape index (κ1) is 11.1. The molecule has 1 aliphatic rings. The number of nitrogens with zero attached hydrogens (tertiary/aromatic N) is 2. The van der Waals surface area contributed by atoms with Crippen LogP contribution in [-0.4, -0.2) is 0 Å². The molecular weight excluding hydrogens is 244 g/mol. The molecule has 0 bridgehead atoms. The third-order valence-corrected chi connectivity index (χ3v) is 3.59. The number of benzene rings is 2. The second-order valence-electron chi connectivity index (χ2n) is 4.40. The van der Waals surface area contributed by atoms with Crippen molar-refractivity contribution in [1.29, 1.82) is 5.26 Å². The summed E-state index contributed by atoms with van der Waals surface area (Å²) in [5.74, 6) is 0. The molecule has 0 fully saturated rings. The third kappa shape index (κ3) is 1.83. The molecule has 3 rings (SSSR count). The summed E-state index contributed by atoms with van der Waals surface area (Å²) in [6.45, 7) is 1.80. The van der Waals surface area contributed by atoms with E-state index in [1.807, 2.05) is 12.1 Å². The Bertz CT molecular complexity index is 618. The highest BCUT2D eigenvalue weighted by molar-refractivity contribution is 6.32. The van der Waals surface area contributed by atoms with Crippen LogP contribution >= 0.6 is 11.6 Å². The molecule has 0 atom stereocenters. The van der Waals surface area contributed by atoms with Crippen LogP contribution in [0.1, 0.15) is 16.7 Å². The van der Waals surface area contributed by atoms with Crippen LogP contribution in [0.15, 0.2) is 42.5 Å². The summed E-state index contributed by atoms with van der Waals surface area (Å²) in [4.78, 5) is 2.26. The first-order valence-corrected chi connectivity index (χ1v) is 6.17. The van der Waals surface area contributed by atoms with Gasteiger partial charge in [-0.3, -0.25) is 0 Å². The van der Waals surface area contributed by atoms with Crippen molar-refractivity contribution < 1.29 is 0 Å². The van der Waals surface area contributed by atoms with Crippen molar-refractivity contribution in [1.82, 2.24) is 0 Å². The van der Waals surface area contributed by atoms with E-state index in [0.717, 1.165) is 18.8 Å². The van der Waals surface area contributed by atoms with Crippen molar-refractivity contribution in [2.24, 2.45) is 0 Å². The highest BCUT2D eigenvalue weighted by atomic mass is 35.5. The molecule has 3 heteroatoms. The summed E-state index contributed by atoms with van der Waals surface area (Å²) < 4.78 is 0. The second kappa shape index (κ2) is 4.36. The first-order chi connectivity index (χ1) is 8.78. The average Bonchev–Trinajstić information content (AvgIpc) is 2.82. The predicted molar refractivity (Wildman–Crippen MR) is 72.5 cm³/mol. The summed E-state index contributed by atoms with van der Waals surface area (Å²) in [6, 6.07) is 16.1. The van der Waals surface area contributed by atoms with Gasteiger partial charge in [0.15, 0.2) is 0 Å². The third-order valence-electron chi connectivity index (χ3n) is 3.28. The maximum absolute atomic E-state index is 8.87. The number of fused-ring (bicyclic) bond motifs is 1. The van der Waals surface area contributed by atoms with Gasteiger partial charge in [-0.1, -0.05) is 35.9 Å². The van der Waals surface area contributed by atoms with Crippen molar-refractivity contribution in [2.45, 2.75) is 13.1 Å². The largest absolute Gasteiger partial charge is 0.363 e. The van der Waals surface area contributed by atoms with Gasteiger partial charge < -0.3 is 4.90 Å². The van der Waals surface area contributed by atoms with E-state index in [-0.39, 0.29) is 0 Å². The fourth-order valence-corrected chi connectivity index (χ4v) is 2.52. The molecule has 0 amide bonds. The van der Waals surface area contributed by atoms with Gasteiger partial charge in [-0.15, -0.1) is 0 Å². The van der Waals surface area contributed by atoms with Crippen LogP contribution in [0, 0.1) is 11.3 Å². The molecule has 0 unspecified atom stereocenters. The number of hydrogen-bond acceptors (Lipinski definition) is 2. The van der Waals surface area contributed by atoms with Crippen molar-refractivity contribution in [3.8, 4) is 6.07 Å². The second-order valence-corrected chi connectivity index (χ2v) is 4.81. The van der Waals surface area contributed by atoms with E-state index in [4.69, 9.17) is 16.9 Å². The maximum Gasteiger partial charge on any atom is 0.101 e. The standard InChI is InChI=1S/C15H11ClN2/c16-15-7-14(6-5-11(15)8-17)18-9-12-3-1-2-4-13(12)10-18/h1-7H,9-10H2. The van der Waals surface area contributed by atoms with Crippen LogP contribution in [-0.2, 0) is 13.1 Å². The van der Waals surface area contributed by atoms with E-state index >= 15 is 0 Å². The summed E-state index contributed by atoms with van der Waals surface area (Å²) in [5.41, 5.74) is 4.31. The molecule has 0 N–H and O–H groups in total. The van der Waals surface area contributed by atoms with Crippen LogP contribution in [0.5, 0.6) is 0 Å². The Hall–Kier alpha value is -1.98.